The average molecular weight is 1530 g/mol. The summed E-state index contributed by atoms with van der Waals surface area (Å²) in [6.45, 7) is 19.2. The maximum atomic E-state index is 4.93. The molecule has 0 aliphatic rings. The molecule has 0 heterocycles. The van der Waals surface area contributed by atoms with E-state index in [-0.39, 0.29) is 0 Å². The van der Waals surface area contributed by atoms with E-state index in [0.29, 0.717) is 0 Å². The van der Waals surface area contributed by atoms with Crippen LogP contribution >= 0.6 is 34.1 Å². The Bertz CT molecular complexity index is 4410. The van der Waals surface area contributed by atoms with Crippen LogP contribution in [0.15, 0.2) is 291 Å². The number of fused-ring (bicyclic) bond motifs is 8. The van der Waals surface area contributed by atoms with Crippen LogP contribution in [0.1, 0.15) is 56.4 Å². The SMILES string of the molecule is CCc1cc2c(-c3cccc4ccccc34)cccc2[cH-]1.CCc1cc2c(-c3cccc4ccccc34)cccc2[cH-]1.CCc1cc2c(-c3cccc4ccccc34)cccc2[cH-]1.CCc1cc2c(-c3cccc4ccccc34)cccc2[cH-]1.C[Si].C[Si].[CH2-]C[CH2-].[Cl][Zr][Cl].[Cl][Zr][Cl]. The molecular formula is C89H80Cl4Si2Zr2-6. The van der Waals surface area contributed by atoms with Gasteiger partial charge in [-0.3, -0.25) is 0 Å². The molecule has 0 spiro atoms. The van der Waals surface area contributed by atoms with Gasteiger partial charge in [0.15, 0.2) is 0 Å². The second-order valence-corrected chi connectivity index (χ2v) is 30.2. The number of hydrogen-bond donors (Lipinski definition) is 0. The van der Waals surface area contributed by atoms with Crippen molar-refractivity contribution in [2.24, 2.45) is 0 Å². The summed E-state index contributed by atoms with van der Waals surface area (Å²) in [5.41, 5.74) is 16.3. The summed E-state index contributed by atoms with van der Waals surface area (Å²) in [6.07, 6.45) is 5.10. The van der Waals surface area contributed by atoms with Gasteiger partial charge in [0.1, 0.15) is 0 Å². The molecule has 0 aromatic heterocycles. The van der Waals surface area contributed by atoms with Gasteiger partial charge in [-0.1, -0.05) is 257 Å². The van der Waals surface area contributed by atoms with Gasteiger partial charge in [0, 0.05) is 20.5 Å². The van der Waals surface area contributed by atoms with Crippen LogP contribution in [0.5, 0.6) is 0 Å². The summed E-state index contributed by atoms with van der Waals surface area (Å²) < 4.78 is 0. The van der Waals surface area contributed by atoms with Crippen molar-refractivity contribution >= 4 is 141 Å². The van der Waals surface area contributed by atoms with Crippen molar-refractivity contribution in [2.75, 3.05) is 0 Å². The molecule has 486 valence electrons. The monoisotopic (exact) mass is 1520 g/mol. The van der Waals surface area contributed by atoms with Crippen molar-refractivity contribution in [3.05, 3.63) is 327 Å². The van der Waals surface area contributed by atoms with E-state index in [1.165, 1.54) is 153 Å². The van der Waals surface area contributed by atoms with Crippen molar-refractivity contribution in [1.29, 1.82) is 0 Å². The fourth-order valence-electron chi connectivity index (χ4n) is 12.8. The van der Waals surface area contributed by atoms with Gasteiger partial charge in [-0.2, -0.15) is 24.3 Å². The average Bonchev–Trinajstić information content (AvgIpc) is 1.79. The summed E-state index contributed by atoms with van der Waals surface area (Å²) in [5, 5.41) is 21.3. The molecule has 0 amide bonds. The molecule has 0 unspecified atom stereocenters. The Hall–Kier alpha value is -6.52. The van der Waals surface area contributed by atoms with Crippen LogP contribution in [-0.4, -0.2) is 20.5 Å². The first kappa shape index (κ1) is 76.2. The van der Waals surface area contributed by atoms with Crippen LogP contribution in [0, 0.1) is 13.8 Å². The molecule has 6 radical (unpaired) electrons. The molecule has 8 heteroatoms. The van der Waals surface area contributed by atoms with Gasteiger partial charge in [0.2, 0.25) is 0 Å². The van der Waals surface area contributed by atoms with E-state index in [1.807, 2.05) is 0 Å². The zero-order chi connectivity index (χ0) is 69.1. The van der Waals surface area contributed by atoms with Gasteiger partial charge in [-0.05, 0) is 91.0 Å². The first-order valence-corrected chi connectivity index (χ1v) is 47.5. The van der Waals surface area contributed by atoms with E-state index in [0.717, 1.165) is 32.1 Å². The summed E-state index contributed by atoms with van der Waals surface area (Å²) in [4.78, 5) is 0. The molecule has 16 aromatic rings. The Labute approximate surface area is 620 Å². The number of benzene rings is 12. The third-order valence-electron chi connectivity index (χ3n) is 17.2. The fraction of sp³-hybridized carbons (Fsp3) is 0.124. The molecule has 0 saturated carbocycles. The van der Waals surface area contributed by atoms with Crippen LogP contribution in [0.2, 0.25) is 13.1 Å². The predicted octanol–water partition coefficient (Wildman–Crippen LogP) is 28.0. The number of rotatable bonds is 8. The zero-order valence-electron chi connectivity index (χ0n) is 56.2. The Morgan fingerprint density at radius 2 is 0.412 bits per heavy atom. The molecule has 0 aliphatic heterocycles. The van der Waals surface area contributed by atoms with E-state index in [1.54, 1.807) is 13.1 Å². The van der Waals surface area contributed by atoms with Gasteiger partial charge >= 0.3 is 75.7 Å². The molecular weight excluding hydrogens is 1450 g/mol. The van der Waals surface area contributed by atoms with Crippen molar-refractivity contribution in [1.82, 2.24) is 0 Å². The predicted molar refractivity (Wildman–Crippen MR) is 429 cm³/mol. The molecule has 0 atom stereocenters. The van der Waals surface area contributed by atoms with Gasteiger partial charge in [-0.25, -0.2) is 0 Å². The topological polar surface area (TPSA) is 0 Å². The minimum absolute atomic E-state index is 0.750. The number of aryl methyl sites for hydroxylation is 4. The maximum absolute atomic E-state index is 4.93. The van der Waals surface area contributed by atoms with Gasteiger partial charge in [0.05, 0.1) is 0 Å². The molecule has 0 N–H and O–H groups in total. The van der Waals surface area contributed by atoms with E-state index in [9.17, 15) is 0 Å². The minimum atomic E-state index is -0.826. The fourth-order valence-corrected chi connectivity index (χ4v) is 12.8. The Morgan fingerprint density at radius 1 is 0.258 bits per heavy atom. The van der Waals surface area contributed by atoms with Crippen LogP contribution in [0.25, 0.3) is 131 Å². The van der Waals surface area contributed by atoms with E-state index in [4.69, 9.17) is 34.1 Å². The molecule has 0 bridgehead atoms. The van der Waals surface area contributed by atoms with Gasteiger partial charge in [-0.15, -0.1) is 138 Å². The number of halogens is 4. The third kappa shape index (κ3) is 19.1. The second kappa shape index (κ2) is 39.9. The van der Waals surface area contributed by atoms with Crippen LogP contribution in [0.3, 0.4) is 0 Å². The normalized spacial score (nSPS) is 10.4. The van der Waals surface area contributed by atoms with E-state index >= 15 is 0 Å². The van der Waals surface area contributed by atoms with Crippen molar-refractivity contribution in [3.63, 3.8) is 0 Å². The van der Waals surface area contributed by atoms with Crippen molar-refractivity contribution < 1.29 is 41.7 Å². The quantitative estimate of drug-likeness (QED) is 0.105. The molecule has 16 rings (SSSR count). The van der Waals surface area contributed by atoms with Crippen LogP contribution in [0.4, 0.5) is 0 Å². The summed E-state index contributed by atoms with van der Waals surface area (Å²) >= 11 is -1.65. The van der Waals surface area contributed by atoms with Crippen molar-refractivity contribution in [3.8, 4) is 44.5 Å². The van der Waals surface area contributed by atoms with Crippen LogP contribution < -0.4 is 0 Å². The second-order valence-electron chi connectivity index (χ2n) is 22.7. The number of hydrogen-bond acceptors (Lipinski definition) is 0. The Balaban J connectivity index is 0.000000156. The molecule has 0 nitrogen and oxygen atoms in total. The van der Waals surface area contributed by atoms with Gasteiger partial charge < -0.3 is 20.3 Å². The van der Waals surface area contributed by atoms with Crippen LogP contribution in [-0.2, 0) is 67.4 Å². The zero-order valence-corrected chi connectivity index (χ0v) is 66.1. The summed E-state index contributed by atoms with van der Waals surface area (Å²) in [6, 6.07) is 106. The first-order chi connectivity index (χ1) is 47.7. The summed E-state index contributed by atoms with van der Waals surface area (Å²) in [7, 11) is 25.7. The molecule has 97 heavy (non-hydrogen) atoms. The molecule has 16 aromatic carbocycles. The Kier molecular flexibility index (Phi) is 31.4. The van der Waals surface area contributed by atoms with Gasteiger partial charge in [0.25, 0.3) is 0 Å². The van der Waals surface area contributed by atoms with Crippen molar-refractivity contribution in [2.45, 2.75) is 72.9 Å². The van der Waals surface area contributed by atoms with E-state index < -0.39 is 41.7 Å². The van der Waals surface area contributed by atoms with E-state index in [2.05, 4.69) is 353 Å². The molecule has 0 fully saturated rings. The third-order valence-corrected chi connectivity index (χ3v) is 17.2. The first-order valence-electron chi connectivity index (χ1n) is 32.9. The summed E-state index contributed by atoms with van der Waals surface area (Å²) in [5.74, 6) is 0. The standard InChI is InChI=1S/4C21H17.C3H6.2CH3Si.4ClH.2Zr/c4*1-2-15-13-17-9-6-12-20(21(17)14-15)19-11-5-8-16-7-3-4-10-18(16)19;1-3-2;2*1-2;;;;;;/h4*3-14H,2H2,1H3;1-3H2;2*1H3;4*1H;;/q4*-1;-2;;;;;;;2*+2/p-4. The molecule has 0 saturated heterocycles. The Morgan fingerprint density at radius 3 is 0.598 bits per heavy atom. The molecule has 0 aliphatic carbocycles.